The number of nitrogens with zero attached hydrogens (tertiary/aromatic N) is 3. The van der Waals surface area contributed by atoms with Crippen LogP contribution < -0.4 is 9.47 Å². The number of benzene rings is 1. The van der Waals surface area contributed by atoms with E-state index in [1.54, 1.807) is 32.4 Å². The molecule has 0 N–H and O–H groups in total. The second-order valence-electron chi connectivity index (χ2n) is 5.61. The smallest absolute Gasteiger partial charge is 0.257 e. The number of ether oxygens (including phenoxy) is 2. The quantitative estimate of drug-likeness (QED) is 0.828. The van der Waals surface area contributed by atoms with Gasteiger partial charge in [-0.3, -0.25) is 9.69 Å². The van der Waals surface area contributed by atoms with Gasteiger partial charge < -0.3 is 14.4 Å². The van der Waals surface area contributed by atoms with E-state index in [1.165, 1.54) is 0 Å². The molecule has 1 aliphatic heterocycles. The zero-order valence-electron chi connectivity index (χ0n) is 13.9. The molecule has 6 heteroatoms. The molecule has 6 nitrogen and oxygen atoms in total. The van der Waals surface area contributed by atoms with Crippen molar-refractivity contribution in [2.24, 2.45) is 0 Å². The molecule has 0 spiro atoms. The Morgan fingerprint density at radius 1 is 1.26 bits per heavy atom. The third-order valence-electron chi connectivity index (χ3n) is 4.25. The van der Waals surface area contributed by atoms with E-state index < -0.39 is 0 Å². The second kappa shape index (κ2) is 7.84. The van der Waals surface area contributed by atoms with Crippen LogP contribution >= 0.6 is 0 Å². The Morgan fingerprint density at radius 3 is 2.52 bits per heavy atom. The fourth-order valence-electron chi connectivity index (χ4n) is 2.77. The summed E-state index contributed by atoms with van der Waals surface area (Å²) >= 11 is 0. The second-order valence-corrected chi connectivity index (χ2v) is 5.61. The van der Waals surface area contributed by atoms with Crippen molar-refractivity contribution in [1.82, 2.24) is 9.80 Å². The van der Waals surface area contributed by atoms with Gasteiger partial charge >= 0.3 is 0 Å². The van der Waals surface area contributed by atoms with Crippen molar-refractivity contribution in [3.8, 4) is 17.6 Å². The maximum Gasteiger partial charge on any atom is 0.257 e. The molecule has 1 aromatic rings. The molecule has 0 bridgehead atoms. The van der Waals surface area contributed by atoms with Crippen LogP contribution in [0.25, 0.3) is 0 Å². The molecule has 124 valence electrons. The van der Waals surface area contributed by atoms with Gasteiger partial charge in [0.2, 0.25) is 0 Å². The Hall–Kier alpha value is -2.26. The summed E-state index contributed by atoms with van der Waals surface area (Å²) < 4.78 is 10.5. The van der Waals surface area contributed by atoms with Gasteiger partial charge in [0.05, 0.1) is 32.3 Å². The SMILES string of the molecule is COc1ccc(C(=O)N2CCN([C@H](C)CC#N)CC2)c(OC)c1. The minimum Gasteiger partial charge on any atom is -0.497 e. The molecule has 0 radical (unpaired) electrons. The highest BCUT2D eigenvalue weighted by Gasteiger charge is 2.26. The van der Waals surface area contributed by atoms with E-state index >= 15 is 0 Å². The van der Waals surface area contributed by atoms with Crippen LogP contribution in [0.4, 0.5) is 0 Å². The van der Waals surface area contributed by atoms with Gasteiger partial charge in [-0.05, 0) is 19.1 Å². The van der Waals surface area contributed by atoms with Crippen LogP contribution in [-0.2, 0) is 0 Å². The molecule has 1 aliphatic rings. The molecule has 1 saturated heterocycles. The first kappa shape index (κ1) is 17.1. The van der Waals surface area contributed by atoms with E-state index in [2.05, 4.69) is 11.0 Å². The molecular weight excluding hydrogens is 294 g/mol. The largest absolute Gasteiger partial charge is 0.497 e. The van der Waals surface area contributed by atoms with Gasteiger partial charge in [0, 0.05) is 38.3 Å². The average Bonchev–Trinajstić information content (AvgIpc) is 2.60. The van der Waals surface area contributed by atoms with Crippen molar-refractivity contribution in [1.29, 1.82) is 5.26 Å². The standard InChI is InChI=1S/C17H23N3O3/c1-13(6-7-18)19-8-10-20(11-9-19)17(21)15-5-4-14(22-2)12-16(15)23-3/h4-5,12-13H,6,8-11H2,1-3H3/t13-/m1/s1. The van der Waals surface area contributed by atoms with Crippen molar-refractivity contribution in [2.75, 3.05) is 40.4 Å². The number of carbonyl (C=O) groups is 1. The first-order chi connectivity index (χ1) is 11.1. The van der Waals surface area contributed by atoms with Crippen molar-refractivity contribution in [3.05, 3.63) is 23.8 Å². The van der Waals surface area contributed by atoms with Crippen LogP contribution in [0.5, 0.6) is 11.5 Å². The summed E-state index contributed by atoms with van der Waals surface area (Å²) in [5, 5.41) is 8.79. The van der Waals surface area contributed by atoms with E-state index in [4.69, 9.17) is 14.7 Å². The summed E-state index contributed by atoms with van der Waals surface area (Å²) in [5.41, 5.74) is 0.548. The molecule has 1 aromatic carbocycles. The topological polar surface area (TPSA) is 65.8 Å². The highest BCUT2D eigenvalue weighted by molar-refractivity contribution is 5.97. The van der Waals surface area contributed by atoms with Crippen LogP contribution in [0.1, 0.15) is 23.7 Å². The van der Waals surface area contributed by atoms with Gasteiger partial charge in [-0.1, -0.05) is 0 Å². The van der Waals surface area contributed by atoms with Crippen molar-refractivity contribution in [2.45, 2.75) is 19.4 Å². The van der Waals surface area contributed by atoms with E-state index in [0.717, 1.165) is 13.1 Å². The highest BCUT2D eigenvalue weighted by Crippen LogP contribution is 2.26. The predicted molar refractivity (Wildman–Crippen MR) is 86.7 cm³/mol. The Labute approximate surface area is 137 Å². The molecule has 0 saturated carbocycles. The summed E-state index contributed by atoms with van der Waals surface area (Å²) in [6.07, 6.45) is 0.514. The minimum absolute atomic E-state index is 0.0305. The molecule has 2 rings (SSSR count). The number of rotatable bonds is 5. The zero-order valence-corrected chi connectivity index (χ0v) is 13.9. The van der Waals surface area contributed by atoms with E-state index in [0.29, 0.717) is 36.6 Å². The number of methoxy groups -OCH3 is 2. The zero-order chi connectivity index (χ0) is 16.8. The number of hydrogen-bond donors (Lipinski definition) is 0. The number of hydrogen-bond acceptors (Lipinski definition) is 5. The van der Waals surface area contributed by atoms with Gasteiger partial charge in [0.1, 0.15) is 11.5 Å². The van der Waals surface area contributed by atoms with Crippen molar-refractivity contribution < 1.29 is 14.3 Å². The maximum absolute atomic E-state index is 12.7. The van der Waals surface area contributed by atoms with Crippen LogP contribution in [-0.4, -0.2) is 62.1 Å². The van der Waals surface area contributed by atoms with Crippen LogP contribution in [0.15, 0.2) is 18.2 Å². The van der Waals surface area contributed by atoms with E-state index in [-0.39, 0.29) is 11.9 Å². The molecule has 0 unspecified atom stereocenters. The lowest BCUT2D eigenvalue weighted by molar-refractivity contribution is 0.0583. The first-order valence-corrected chi connectivity index (χ1v) is 7.73. The summed E-state index contributed by atoms with van der Waals surface area (Å²) in [4.78, 5) is 16.8. The highest BCUT2D eigenvalue weighted by atomic mass is 16.5. The van der Waals surface area contributed by atoms with E-state index in [1.807, 2.05) is 11.8 Å². The van der Waals surface area contributed by atoms with Crippen LogP contribution in [0, 0.1) is 11.3 Å². The Bertz CT molecular complexity index is 589. The molecule has 1 amide bonds. The van der Waals surface area contributed by atoms with Crippen molar-refractivity contribution >= 4 is 5.91 Å². The monoisotopic (exact) mass is 317 g/mol. The lowest BCUT2D eigenvalue weighted by atomic mass is 10.1. The van der Waals surface area contributed by atoms with Gasteiger partial charge in [-0.2, -0.15) is 5.26 Å². The van der Waals surface area contributed by atoms with Crippen LogP contribution in [0.3, 0.4) is 0 Å². The third-order valence-corrected chi connectivity index (χ3v) is 4.25. The number of nitriles is 1. The summed E-state index contributed by atoms with van der Waals surface area (Å²) in [7, 11) is 3.13. The van der Waals surface area contributed by atoms with Gasteiger partial charge in [0.15, 0.2) is 0 Å². The fraction of sp³-hybridized carbons (Fsp3) is 0.529. The lowest BCUT2D eigenvalue weighted by Gasteiger charge is -2.37. The molecule has 0 aliphatic carbocycles. The Kier molecular flexibility index (Phi) is 5.83. The first-order valence-electron chi connectivity index (χ1n) is 7.73. The van der Waals surface area contributed by atoms with Gasteiger partial charge in [0.25, 0.3) is 5.91 Å². The molecule has 23 heavy (non-hydrogen) atoms. The average molecular weight is 317 g/mol. The van der Waals surface area contributed by atoms with E-state index in [9.17, 15) is 4.79 Å². The molecule has 1 atom stereocenters. The molecule has 1 fully saturated rings. The Morgan fingerprint density at radius 2 is 1.96 bits per heavy atom. The minimum atomic E-state index is -0.0305. The van der Waals surface area contributed by atoms with Gasteiger partial charge in [-0.15, -0.1) is 0 Å². The number of carbonyl (C=O) groups excluding carboxylic acids is 1. The maximum atomic E-state index is 12.7. The fourth-order valence-corrected chi connectivity index (χ4v) is 2.77. The summed E-state index contributed by atoms with van der Waals surface area (Å²) in [5.74, 6) is 1.15. The normalized spacial score (nSPS) is 16.5. The molecule has 1 heterocycles. The third kappa shape index (κ3) is 3.93. The summed E-state index contributed by atoms with van der Waals surface area (Å²) in [6, 6.07) is 7.66. The number of amides is 1. The Balaban J connectivity index is 2.04. The number of piperazine rings is 1. The summed E-state index contributed by atoms with van der Waals surface area (Å²) in [6.45, 7) is 4.93. The molecule has 0 aromatic heterocycles. The van der Waals surface area contributed by atoms with Crippen LogP contribution in [0.2, 0.25) is 0 Å². The van der Waals surface area contributed by atoms with Gasteiger partial charge in [-0.25, -0.2) is 0 Å². The lowest BCUT2D eigenvalue weighted by Crippen LogP contribution is -2.51. The molecular formula is C17H23N3O3. The van der Waals surface area contributed by atoms with Crippen molar-refractivity contribution in [3.63, 3.8) is 0 Å². The predicted octanol–water partition coefficient (Wildman–Crippen LogP) is 1.76.